The van der Waals surface area contributed by atoms with Crippen LogP contribution >= 0.6 is 11.3 Å². The Hall–Kier alpha value is -1.21. The molecule has 0 radical (unpaired) electrons. The highest BCUT2D eigenvalue weighted by Crippen LogP contribution is 2.16. The van der Waals surface area contributed by atoms with E-state index in [-0.39, 0.29) is 6.04 Å². The normalized spacial score (nSPS) is 13.2. The topological polar surface area (TPSA) is 58.2 Å². The van der Waals surface area contributed by atoms with E-state index in [1.807, 2.05) is 35.9 Å². The third-order valence-corrected chi connectivity index (χ3v) is 5.40. The number of rotatable bonds is 7. The molecule has 1 unspecified atom stereocenters. The molecular formula is C15H20N2O2S2. The van der Waals surface area contributed by atoms with Gasteiger partial charge in [-0.1, -0.05) is 19.1 Å². The molecule has 1 aromatic heterocycles. The summed E-state index contributed by atoms with van der Waals surface area (Å²) in [6.45, 7) is 5.30. The van der Waals surface area contributed by atoms with Crippen molar-refractivity contribution in [2.24, 2.45) is 0 Å². The van der Waals surface area contributed by atoms with Crippen LogP contribution in [0.4, 0.5) is 0 Å². The van der Waals surface area contributed by atoms with Gasteiger partial charge in [0, 0.05) is 12.6 Å². The summed E-state index contributed by atoms with van der Waals surface area (Å²) in [5.41, 5.74) is 2.05. The molecule has 4 nitrogen and oxygen atoms in total. The van der Waals surface area contributed by atoms with Gasteiger partial charge in [0.15, 0.2) is 0 Å². The van der Waals surface area contributed by atoms with Gasteiger partial charge in [0.2, 0.25) is 10.0 Å². The first-order chi connectivity index (χ1) is 10.0. The highest BCUT2D eigenvalue weighted by molar-refractivity contribution is 7.89. The van der Waals surface area contributed by atoms with Crippen molar-refractivity contribution in [3.63, 3.8) is 0 Å². The molecule has 0 aliphatic rings. The summed E-state index contributed by atoms with van der Waals surface area (Å²) >= 11 is 1.55. The molecule has 0 saturated heterocycles. The Morgan fingerprint density at radius 2 is 1.90 bits per heavy atom. The molecule has 1 aromatic carbocycles. The average Bonchev–Trinajstić information content (AvgIpc) is 2.99. The minimum absolute atomic E-state index is 0.213. The lowest BCUT2D eigenvalue weighted by molar-refractivity contribution is 0.580. The van der Waals surface area contributed by atoms with Crippen LogP contribution < -0.4 is 10.0 Å². The van der Waals surface area contributed by atoms with E-state index in [1.54, 1.807) is 23.5 Å². The maximum absolute atomic E-state index is 12.2. The summed E-state index contributed by atoms with van der Waals surface area (Å²) in [5.74, 6) is 0. The van der Waals surface area contributed by atoms with E-state index in [0.717, 1.165) is 17.7 Å². The lowest BCUT2D eigenvalue weighted by Gasteiger charge is -2.13. The average molecular weight is 324 g/mol. The van der Waals surface area contributed by atoms with Crippen molar-refractivity contribution in [2.75, 3.05) is 6.54 Å². The van der Waals surface area contributed by atoms with Crippen molar-refractivity contribution < 1.29 is 8.42 Å². The Morgan fingerprint density at radius 3 is 2.48 bits per heavy atom. The van der Waals surface area contributed by atoms with Crippen LogP contribution in [0.2, 0.25) is 0 Å². The minimum Gasteiger partial charge on any atom is -0.310 e. The molecule has 114 valence electrons. The summed E-state index contributed by atoms with van der Waals surface area (Å²) in [7, 11) is -3.46. The largest absolute Gasteiger partial charge is 0.310 e. The zero-order valence-corrected chi connectivity index (χ0v) is 13.8. The van der Waals surface area contributed by atoms with Crippen LogP contribution in [0.15, 0.2) is 46.0 Å². The van der Waals surface area contributed by atoms with E-state index in [0.29, 0.717) is 11.4 Å². The molecule has 0 saturated carbocycles. The van der Waals surface area contributed by atoms with E-state index in [4.69, 9.17) is 0 Å². The molecule has 6 heteroatoms. The SMILES string of the molecule is CCNC(C)c1ccc(S(=O)(=O)NCc2ccsc2)cc1. The van der Waals surface area contributed by atoms with Crippen LogP contribution in [-0.2, 0) is 16.6 Å². The zero-order valence-electron chi connectivity index (χ0n) is 12.2. The fourth-order valence-electron chi connectivity index (χ4n) is 2.01. The molecule has 1 atom stereocenters. The predicted octanol–water partition coefficient (Wildman–Crippen LogP) is 2.90. The van der Waals surface area contributed by atoms with Crippen molar-refractivity contribution in [2.45, 2.75) is 31.3 Å². The molecule has 0 aliphatic carbocycles. The van der Waals surface area contributed by atoms with E-state index in [1.165, 1.54) is 0 Å². The Labute approximate surface area is 130 Å². The summed E-state index contributed by atoms with van der Waals surface area (Å²) in [6.07, 6.45) is 0. The number of benzene rings is 1. The molecule has 0 aliphatic heterocycles. The highest BCUT2D eigenvalue weighted by atomic mass is 32.2. The van der Waals surface area contributed by atoms with Gasteiger partial charge in [-0.2, -0.15) is 11.3 Å². The lowest BCUT2D eigenvalue weighted by atomic mass is 10.1. The number of hydrogen-bond donors (Lipinski definition) is 2. The Morgan fingerprint density at radius 1 is 1.19 bits per heavy atom. The van der Waals surface area contributed by atoms with Crippen LogP contribution in [0, 0.1) is 0 Å². The van der Waals surface area contributed by atoms with Gasteiger partial charge in [-0.3, -0.25) is 0 Å². The molecule has 0 spiro atoms. The first-order valence-electron chi connectivity index (χ1n) is 6.87. The zero-order chi connectivity index (χ0) is 15.3. The monoisotopic (exact) mass is 324 g/mol. The Balaban J connectivity index is 2.06. The summed E-state index contributed by atoms with van der Waals surface area (Å²) in [6, 6.07) is 9.14. The minimum atomic E-state index is -3.46. The summed E-state index contributed by atoms with van der Waals surface area (Å²) < 4.78 is 27.0. The van der Waals surface area contributed by atoms with Crippen molar-refractivity contribution in [1.29, 1.82) is 0 Å². The second-order valence-electron chi connectivity index (χ2n) is 4.80. The Bertz CT molecular complexity index is 649. The third-order valence-electron chi connectivity index (χ3n) is 3.25. The molecule has 21 heavy (non-hydrogen) atoms. The van der Waals surface area contributed by atoms with Crippen LogP contribution in [0.1, 0.15) is 31.0 Å². The van der Waals surface area contributed by atoms with Gasteiger partial charge in [0.25, 0.3) is 0 Å². The number of hydrogen-bond acceptors (Lipinski definition) is 4. The smallest absolute Gasteiger partial charge is 0.240 e. The molecular weight excluding hydrogens is 304 g/mol. The van der Waals surface area contributed by atoms with Crippen LogP contribution in [0.25, 0.3) is 0 Å². The number of sulfonamides is 1. The van der Waals surface area contributed by atoms with Crippen LogP contribution in [0.5, 0.6) is 0 Å². The lowest BCUT2D eigenvalue weighted by Crippen LogP contribution is -2.23. The first kappa shape index (κ1) is 16.2. The van der Waals surface area contributed by atoms with Gasteiger partial charge in [0.05, 0.1) is 4.90 Å². The van der Waals surface area contributed by atoms with E-state index in [9.17, 15) is 8.42 Å². The van der Waals surface area contributed by atoms with Crippen molar-refractivity contribution >= 4 is 21.4 Å². The van der Waals surface area contributed by atoms with E-state index in [2.05, 4.69) is 17.0 Å². The third kappa shape index (κ3) is 4.38. The van der Waals surface area contributed by atoms with Crippen LogP contribution in [-0.4, -0.2) is 15.0 Å². The first-order valence-corrected chi connectivity index (χ1v) is 9.29. The number of thiophene rings is 1. The summed E-state index contributed by atoms with van der Waals surface area (Å²) in [4.78, 5) is 0.296. The van der Waals surface area contributed by atoms with Gasteiger partial charge in [-0.15, -0.1) is 0 Å². The maximum atomic E-state index is 12.2. The molecule has 0 amide bonds. The molecule has 2 aromatic rings. The summed E-state index contributed by atoms with van der Waals surface area (Å²) in [5, 5.41) is 7.17. The van der Waals surface area contributed by atoms with Gasteiger partial charge in [0.1, 0.15) is 0 Å². The van der Waals surface area contributed by atoms with Crippen LogP contribution in [0.3, 0.4) is 0 Å². The fraction of sp³-hybridized carbons (Fsp3) is 0.333. The van der Waals surface area contributed by atoms with Gasteiger partial charge in [-0.05, 0) is 53.6 Å². The molecule has 0 fully saturated rings. The predicted molar refractivity (Wildman–Crippen MR) is 86.9 cm³/mol. The Kier molecular flexibility index (Phi) is 5.52. The van der Waals surface area contributed by atoms with Gasteiger partial charge in [-0.25, -0.2) is 13.1 Å². The second kappa shape index (κ2) is 7.17. The van der Waals surface area contributed by atoms with Gasteiger partial charge >= 0.3 is 0 Å². The van der Waals surface area contributed by atoms with Gasteiger partial charge < -0.3 is 5.32 Å². The molecule has 1 heterocycles. The van der Waals surface area contributed by atoms with Crippen molar-refractivity contribution in [3.8, 4) is 0 Å². The molecule has 2 rings (SSSR count). The molecule has 2 N–H and O–H groups in total. The standard InChI is InChI=1S/C15H20N2O2S2/c1-3-16-12(2)14-4-6-15(7-5-14)21(18,19)17-10-13-8-9-20-11-13/h4-9,11-12,16-17H,3,10H2,1-2H3. The van der Waals surface area contributed by atoms with Crippen molar-refractivity contribution in [1.82, 2.24) is 10.0 Å². The number of nitrogens with one attached hydrogen (secondary N) is 2. The quantitative estimate of drug-likeness (QED) is 0.823. The maximum Gasteiger partial charge on any atom is 0.240 e. The van der Waals surface area contributed by atoms with E-state index < -0.39 is 10.0 Å². The highest BCUT2D eigenvalue weighted by Gasteiger charge is 2.14. The fourth-order valence-corrected chi connectivity index (χ4v) is 3.70. The second-order valence-corrected chi connectivity index (χ2v) is 7.35. The van der Waals surface area contributed by atoms with E-state index >= 15 is 0 Å². The molecule has 0 bridgehead atoms. The van der Waals surface area contributed by atoms with Crippen molar-refractivity contribution in [3.05, 3.63) is 52.2 Å².